The third-order valence-electron chi connectivity index (χ3n) is 3.41. The highest BCUT2D eigenvalue weighted by atomic mass is 79.9. The van der Waals surface area contributed by atoms with Crippen molar-refractivity contribution < 1.29 is 4.42 Å². The zero-order valence-corrected chi connectivity index (χ0v) is 15.3. The quantitative estimate of drug-likeness (QED) is 0.562. The molecule has 0 unspecified atom stereocenters. The van der Waals surface area contributed by atoms with Crippen LogP contribution in [0.1, 0.15) is 11.1 Å². The number of benzene rings is 2. The molecule has 3 aromatic rings. The van der Waals surface area contributed by atoms with E-state index in [0.29, 0.717) is 17.5 Å². The highest BCUT2D eigenvalue weighted by Gasteiger charge is 2.16. The number of thioether (sulfide) groups is 1. The molecule has 2 aromatic carbocycles. The third-order valence-corrected chi connectivity index (χ3v) is 4.82. The van der Waals surface area contributed by atoms with Gasteiger partial charge in [0.25, 0.3) is 5.22 Å². The maximum absolute atomic E-state index is 9.40. The fraction of sp³-hybridized carbons (Fsp3) is 0.167. The second kappa shape index (κ2) is 7.65. The smallest absolute Gasteiger partial charge is 0.278 e. The normalized spacial score (nSPS) is 11.9. The summed E-state index contributed by atoms with van der Waals surface area (Å²) in [7, 11) is 0. The molecule has 4 nitrogen and oxygen atoms in total. The van der Waals surface area contributed by atoms with E-state index in [0.717, 1.165) is 15.6 Å². The van der Waals surface area contributed by atoms with Gasteiger partial charge in [0, 0.05) is 10.0 Å². The number of rotatable bonds is 5. The van der Waals surface area contributed by atoms with Gasteiger partial charge in [-0.3, -0.25) is 0 Å². The van der Waals surface area contributed by atoms with Crippen LogP contribution < -0.4 is 0 Å². The van der Waals surface area contributed by atoms with Crippen LogP contribution in [0.4, 0.5) is 0 Å². The summed E-state index contributed by atoms with van der Waals surface area (Å²) in [6.45, 7) is 2.04. The number of aromatic nitrogens is 2. The first-order valence-corrected chi connectivity index (χ1v) is 9.02. The Morgan fingerprint density at radius 3 is 2.71 bits per heavy atom. The Morgan fingerprint density at radius 1 is 1.21 bits per heavy atom. The van der Waals surface area contributed by atoms with Gasteiger partial charge in [-0.25, -0.2) is 0 Å². The Morgan fingerprint density at radius 2 is 2.00 bits per heavy atom. The molecule has 3 rings (SSSR count). The second-order valence-electron chi connectivity index (χ2n) is 5.31. The molecule has 24 heavy (non-hydrogen) atoms. The minimum atomic E-state index is -0.275. The topological polar surface area (TPSA) is 62.7 Å². The number of hydrogen-bond acceptors (Lipinski definition) is 5. The summed E-state index contributed by atoms with van der Waals surface area (Å²) >= 11 is 4.72. The molecular formula is C18H14BrN3OS. The van der Waals surface area contributed by atoms with E-state index < -0.39 is 0 Å². The predicted octanol–water partition coefficient (Wildman–Crippen LogP) is 5.03. The third kappa shape index (κ3) is 4.25. The first kappa shape index (κ1) is 16.7. The van der Waals surface area contributed by atoms with Gasteiger partial charge in [0.05, 0.1) is 6.07 Å². The van der Waals surface area contributed by atoms with Gasteiger partial charge in [0.15, 0.2) is 0 Å². The highest BCUT2D eigenvalue weighted by Crippen LogP contribution is 2.28. The molecule has 0 fully saturated rings. The molecule has 0 amide bonds. The van der Waals surface area contributed by atoms with Gasteiger partial charge >= 0.3 is 0 Å². The largest absolute Gasteiger partial charge is 0.411 e. The Balaban J connectivity index is 1.70. The first-order valence-electron chi connectivity index (χ1n) is 7.35. The SMILES string of the molecule is Cc1ccc(C[C@H](C#N)Sc2nnc(-c3cccc(Br)c3)o2)cc1. The van der Waals surface area contributed by atoms with Crippen molar-refractivity contribution in [3.8, 4) is 17.5 Å². The van der Waals surface area contributed by atoms with E-state index in [4.69, 9.17) is 4.42 Å². The van der Waals surface area contributed by atoms with Crippen LogP contribution in [0.15, 0.2) is 62.6 Å². The van der Waals surface area contributed by atoms with Gasteiger partial charge in [-0.15, -0.1) is 10.2 Å². The Hall–Kier alpha value is -2.10. The van der Waals surface area contributed by atoms with Crippen LogP contribution >= 0.6 is 27.7 Å². The lowest BCUT2D eigenvalue weighted by Crippen LogP contribution is -2.03. The van der Waals surface area contributed by atoms with Crippen LogP contribution in [0.5, 0.6) is 0 Å². The molecule has 0 spiro atoms. The van der Waals surface area contributed by atoms with Crippen LogP contribution in [0.25, 0.3) is 11.5 Å². The zero-order valence-electron chi connectivity index (χ0n) is 12.9. The van der Waals surface area contributed by atoms with E-state index >= 15 is 0 Å². The minimum absolute atomic E-state index is 0.275. The predicted molar refractivity (Wildman–Crippen MR) is 97.6 cm³/mol. The van der Waals surface area contributed by atoms with E-state index in [9.17, 15) is 5.26 Å². The Bertz CT molecular complexity index is 870. The van der Waals surface area contributed by atoms with E-state index in [-0.39, 0.29) is 5.25 Å². The van der Waals surface area contributed by atoms with E-state index in [2.05, 4.69) is 32.2 Å². The lowest BCUT2D eigenvalue weighted by atomic mass is 10.1. The molecule has 0 radical (unpaired) electrons. The van der Waals surface area contributed by atoms with E-state index in [1.54, 1.807) is 0 Å². The van der Waals surface area contributed by atoms with E-state index in [1.807, 2.05) is 55.5 Å². The lowest BCUT2D eigenvalue weighted by molar-refractivity contribution is 0.465. The molecule has 0 bridgehead atoms. The summed E-state index contributed by atoms with van der Waals surface area (Å²) in [5.74, 6) is 0.450. The van der Waals surface area contributed by atoms with Crippen LogP contribution in [0.3, 0.4) is 0 Å². The molecule has 0 aliphatic heterocycles. The summed E-state index contributed by atoms with van der Waals surface area (Å²) in [6, 6.07) is 18.1. The summed E-state index contributed by atoms with van der Waals surface area (Å²) < 4.78 is 6.63. The molecule has 120 valence electrons. The Labute approximate surface area is 153 Å². The number of aryl methyl sites for hydroxylation is 1. The molecule has 0 saturated carbocycles. The van der Waals surface area contributed by atoms with Crippen LogP contribution in [0.2, 0.25) is 0 Å². The van der Waals surface area contributed by atoms with Crippen molar-refractivity contribution in [2.24, 2.45) is 0 Å². The molecule has 0 saturated heterocycles. The molecule has 1 heterocycles. The highest BCUT2D eigenvalue weighted by molar-refractivity contribution is 9.10. The minimum Gasteiger partial charge on any atom is -0.411 e. The molecule has 0 N–H and O–H groups in total. The molecule has 6 heteroatoms. The maximum atomic E-state index is 9.40. The van der Waals surface area contributed by atoms with Crippen molar-refractivity contribution in [2.45, 2.75) is 23.8 Å². The van der Waals surface area contributed by atoms with Gasteiger partial charge in [-0.2, -0.15) is 5.26 Å². The van der Waals surface area contributed by atoms with Gasteiger partial charge < -0.3 is 4.42 Å². The molecular weight excluding hydrogens is 386 g/mol. The summed E-state index contributed by atoms with van der Waals surface area (Å²) in [5, 5.41) is 17.6. The number of hydrogen-bond donors (Lipinski definition) is 0. The molecule has 1 aromatic heterocycles. The number of halogens is 1. The standard InChI is InChI=1S/C18H14BrN3OS/c1-12-5-7-13(8-6-12)9-16(11-20)24-18-22-21-17(23-18)14-3-2-4-15(19)10-14/h2-8,10,16H,9H2,1H3/t16-/m1/s1. The fourth-order valence-corrected chi connectivity index (χ4v) is 3.36. The average molecular weight is 400 g/mol. The molecule has 0 aliphatic carbocycles. The van der Waals surface area contributed by atoms with Crippen LogP contribution in [-0.4, -0.2) is 15.4 Å². The Kier molecular flexibility index (Phi) is 5.34. The number of nitrogens with zero attached hydrogens (tertiary/aromatic N) is 3. The van der Waals surface area contributed by atoms with Crippen molar-refractivity contribution in [3.05, 3.63) is 64.1 Å². The first-order chi connectivity index (χ1) is 11.6. The zero-order chi connectivity index (χ0) is 16.9. The van der Waals surface area contributed by atoms with Crippen molar-refractivity contribution in [3.63, 3.8) is 0 Å². The monoisotopic (exact) mass is 399 g/mol. The fourth-order valence-electron chi connectivity index (χ4n) is 2.17. The van der Waals surface area contributed by atoms with Crippen molar-refractivity contribution in [1.82, 2.24) is 10.2 Å². The van der Waals surface area contributed by atoms with Crippen molar-refractivity contribution >= 4 is 27.7 Å². The second-order valence-corrected chi connectivity index (χ2v) is 7.38. The van der Waals surface area contributed by atoms with Gasteiger partial charge in [0.1, 0.15) is 5.25 Å². The number of nitriles is 1. The van der Waals surface area contributed by atoms with Crippen LogP contribution in [-0.2, 0) is 6.42 Å². The average Bonchev–Trinajstić information content (AvgIpc) is 3.05. The van der Waals surface area contributed by atoms with Crippen LogP contribution in [0, 0.1) is 18.3 Å². The van der Waals surface area contributed by atoms with Gasteiger partial charge in [-0.05, 0) is 48.9 Å². The van der Waals surface area contributed by atoms with Gasteiger partial charge in [-0.1, -0.05) is 51.8 Å². The summed E-state index contributed by atoms with van der Waals surface area (Å²) in [5.41, 5.74) is 3.16. The lowest BCUT2D eigenvalue weighted by Gasteiger charge is -2.06. The maximum Gasteiger partial charge on any atom is 0.278 e. The summed E-state index contributed by atoms with van der Waals surface area (Å²) in [6.07, 6.45) is 0.635. The molecule has 1 atom stereocenters. The van der Waals surface area contributed by atoms with Crippen molar-refractivity contribution in [1.29, 1.82) is 5.26 Å². The molecule has 0 aliphatic rings. The van der Waals surface area contributed by atoms with Crippen molar-refractivity contribution in [2.75, 3.05) is 0 Å². The summed E-state index contributed by atoms with van der Waals surface area (Å²) in [4.78, 5) is 0. The van der Waals surface area contributed by atoms with Gasteiger partial charge in [0.2, 0.25) is 5.89 Å². The van der Waals surface area contributed by atoms with E-state index in [1.165, 1.54) is 17.3 Å².